The van der Waals surface area contributed by atoms with Gasteiger partial charge in [-0.1, -0.05) is 12.1 Å². The van der Waals surface area contributed by atoms with Gasteiger partial charge in [0.15, 0.2) is 5.82 Å². The van der Waals surface area contributed by atoms with Gasteiger partial charge in [-0.2, -0.15) is 9.78 Å². The van der Waals surface area contributed by atoms with E-state index in [1.54, 1.807) is 18.3 Å². The van der Waals surface area contributed by atoms with Crippen molar-refractivity contribution in [3.05, 3.63) is 70.1 Å². The van der Waals surface area contributed by atoms with Crippen molar-refractivity contribution in [2.75, 3.05) is 20.6 Å². The average molecular weight is 376 g/mol. The fourth-order valence-corrected chi connectivity index (χ4v) is 3.67. The van der Waals surface area contributed by atoms with E-state index < -0.39 is 0 Å². The van der Waals surface area contributed by atoms with Crippen LogP contribution in [0.5, 0.6) is 5.75 Å². The zero-order valence-electron chi connectivity index (χ0n) is 16.4. The van der Waals surface area contributed by atoms with Gasteiger partial charge in [-0.25, -0.2) is 4.98 Å². The van der Waals surface area contributed by atoms with Crippen molar-refractivity contribution in [2.24, 2.45) is 0 Å². The first kappa shape index (κ1) is 18.4. The number of ether oxygens (including phenoxy) is 1. The van der Waals surface area contributed by atoms with Crippen molar-refractivity contribution in [2.45, 2.75) is 25.9 Å². The highest BCUT2D eigenvalue weighted by Crippen LogP contribution is 2.34. The van der Waals surface area contributed by atoms with E-state index in [4.69, 9.17) is 4.74 Å². The van der Waals surface area contributed by atoms with E-state index in [1.165, 1.54) is 10.2 Å². The molecule has 0 radical (unpaired) electrons. The van der Waals surface area contributed by atoms with Crippen molar-refractivity contribution in [3.8, 4) is 22.8 Å². The zero-order valence-corrected chi connectivity index (χ0v) is 16.4. The van der Waals surface area contributed by atoms with Crippen LogP contribution in [0, 0.1) is 0 Å². The Kier molecular flexibility index (Phi) is 4.96. The van der Waals surface area contributed by atoms with Gasteiger partial charge in [0.1, 0.15) is 11.9 Å². The number of rotatable bonds is 5. The number of benzene rings is 1. The molecule has 0 aliphatic heterocycles. The van der Waals surface area contributed by atoms with Gasteiger partial charge >= 0.3 is 0 Å². The Morgan fingerprint density at radius 1 is 1.14 bits per heavy atom. The number of fused-ring (bicyclic) bond motifs is 3. The lowest BCUT2D eigenvalue weighted by Gasteiger charge is -2.22. The van der Waals surface area contributed by atoms with Crippen molar-refractivity contribution < 1.29 is 4.74 Å². The van der Waals surface area contributed by atoms with Gasteiger partial charge in [0.05, 0.1) is 5.69 Å². The number of hydrogen-bond acceptors (Lipinski definition) is 5. The molecule has 0 saturated carbocycles. The maximum atomic E-state index is 12.5. The Balaban J connectivity index is 1.74. The molecule has 0 fully saturated rings. The number of nitrogens with zero attached hydrogens (tertiary/aromatic N) is 4. The van der Waals surface area contributed by atoms with Gasteiger partial charge in [-0.15, -0.1) is 0 Å². The lowest BCUT2D eigenvalue weighted by molar-refractivity contribution is 0.177. The molecule has 0 bridgehead atoms. The molecule has 144 valence electrons. The van der Waals surface area contributed by atoms with Crippen LogP contribution in [0.2, 0.25) is 0 Å². The molecule has 2 aromatic heterocycles. The summed E-state index contributed by atoms with van der Waals surface area (Å²) >= 11 is 0. The van der Waals surface area contributed by atoms with Gasteiger partial charge in [0, 0.05) is 24.4 Å². The molecule has 1 aliphatic carbocycles. The Labute approximate surface area is 164 Å². The van der Waals surface area contributed by atoms with Crippen molar-refractivity contribution in [3.63, 3.8) is 0 Å². The van der Waals surface area contributed by atoms with Crippen LogP contribution in [0.3, 0.4) is 0 Å². The zero-order chi connectivity index (χ0) is 19.7. The second-order valence-electron chi connectivity index (χ2n) is 7.47. The molecule has 28 heavy (non-hydrogen) atoms. The third kappa shape index (κ3) is 3.68. The first-order valence-electron chi connectivity index (χ1n) is 9.50. The topological polar surface area (TPSA) is 60.2 Å². The number of likely N-dealkylation sites (N-methyl/N-ethyl adjacent to an activating group) is 1. The SMILES string of the molecule is CC(CN(C)C)Oc1ccc2c(c1)-c1nn(-c3ccccn3)c(=O)cc1CC2. The average Bonchev–Trinajstić information content (AvgIpc) is 2.67. The van der Waals surface area contributed by atoms with Crippen LogP contribution in [0.1, 0.15) is 18.1 Å². The minimum absolute atomic E-state index is 0.0755. The van der Waals surface area contributed by atoms with Crippen LogP contribution in [-0.4, -0.2) is 46.4 Å². The highest BCUT2D eigenvalue weighted by Gasteiger charge is 2.21. The summed E-state index contributed by atoms with van der Waals surface area (Å²) in [5.74, 6) is 1.34. The third-order valence-electron chi connectivity index (χ3n) is 4.84. The molecular weight excluding hydrogens is 352 g/mol. The van der Waals surface area contributed by atoms with Crippen molar-refractivity contribution >= 4 is 0 Å². The second-order valence-corrected chi connectivity index (χ2v) is 7.47. The molecule has 0 N–H and O–H groups in total. The molecule has 1 aliphatic rings. The van der Waals surface area contributed by atoms with Gasteiger partial charge in [-0.05, 0) is 69.3 Å². The highest BCUT2D eigenvalue weighted by atomic mass is 16.5. The molecule has 3 aromatic rings. The Bertz CT molecular complexity index is 1040. The van der Waals surface area contributed by atoms with Crippen LogP contribution >= 0.6 is 0 Å². The monoisotopic (exact) mass is 376 g/mol. The van der Waals surface area contributed by atoms with Crippen LogP contribution in [-0.2, 0) is 12.8 Å². The smallest absolute Gasteiger partial charge is 0.273 e. The predicted molar refractivity (Wildman–Crippen MR) is 109 cm³/mol. The van der Waals surface area contributed by atoms with Crippen LogP contribution < -0.4 is 10.3 Å². The van der Waals surface area contributed by atoms with Gasteiger partial charge < -0.3 is 9.64 Å². The summed E-state index contributed by atoms with van der Waals surface area (Å²) < 4.78 is 7.47. The van der Waals surface area contributed by atoms with E-state index in [9.17, 15) is 4.79 Å². The highest BCUT2D eigenvalue weighted by molar-refractivity contribution is 5.70. The fourth-order valence-electron chi connectivity index (χ4n) is 3.67. The molecule has 6 heteroatoms. The van der Waals surface area contributed by atoms with E-state index in [1.807, 2.05) is 38.4 Å². The number of hydrogen-bond donors (Lipinski definition) is 0. The molecule has 6 nitrogen and oxygen atoms in total. The first-order chi connectivity index (χ1) is 13.5. The van der Waals surface area contributed by atoms with E-state index in [-0.39, 0.29) is 11.7 Å². The Hall–Kier alpha value is -2.99. The van der Waals surface area contributed by atoms with Gasteiger partial charge in [0.25, 0.3) is 5.56 Å². The second kappa shape index (κ2) is 7.56. The molecule has 4 rings (SSSR count). The molecule has 0 saturated heterocycles. The van der Waals surface area contributed by atoms with Gasteiger partial charge in [0.2, 0.25) is 0 Å². The molecular formula is C22H24N4O2. The summed E-state index contributed by atoms with van der Waals surface area (Å²) in [6.07, 6.45) is 3.44. The first-order valence-corrected chi connectivity index (χ1v) is 9.50. The maximum absolute atomic E-state index is 12.5. The standard InChI is InChI=1S/C22H24N4O2/c1-15(14-25(2)3)28-18-10-9-16-7-8-17-12-21(27)26(20-6-4-5-11-23-20)24-22(17)19(16)13-18/h4-6,9-13,15H,7-8,14H2,1-3H3. The fraction of sp³-hybridized carbons (Fsp3) is 0.318. The van der Waals surface area contributed by atoms with Crippen molar-refractivity contribution in [1.29, 1.82) is 0 Å². The summed E-state index contributed by atoms with van der Waals surface area (Å²) in [6, 6.07) is 13.3. The van der Waals surface area contributed by atoms with Crippen molar-refractivity contribution in [1.82, 2.24) is 19.7 Å². The Morgan fingerprint density at radius 3 is 2.71 bits per heavy atom. The quantitative estimate of drug-likeness (QED) is 0.685. The molecule has 1 aromatic carbocycles. The lowest BCUT2D eigenvalue weighted by atomic mass is 9.89. The minimum Gasteiger partial charge on any atom is -0.489 e. The summed E-state index contributed by atoms with van der Waals surface area (Å²) in [6.45, 7) is 2.90. The Morgan fingerprint density at radius 2 is 1.96 bits per heavy atom. The largest absolute Gasteiger partial charge is 0.489 e. The van der Waals surface area contributed by atoms with E-state index >= 15 is 0 Å². The minimum atomic E-state index is -0.159. The summed E-state index contributed by atoms with van der Waals surface area (Å²) in [5.41, 5.74) is 3.90. The number of aromatic nitrogens is 3. The maximum Gasteiger partial charge on any atom is 0.273 e. The summed E-state index contributed by atoms with van der Waals surface area (Å²) in [7, 11) is 4.06. The summed E-state index contributed by atoms with van der Waals surface area (Å²) in [4.78, 5) is 18.9. The van der Waals surface area contributed by atoms with E-state index in [2.05, 4.69) is 28.0 Å². The van der Waals surface area contributed by atoms with Gasteiger partial charge in [-0.3, -0.25) is 4.79 Å². The van der Waals surface area contributed by atoms with E-state index in [0.29, 0.717) is 5.82 Å². The third-order valence-corrected chi connectivity index (χ3v) is 4.84. The number of pyridine rings is 1. The summed E-state index contributed by atoms with van der Waals surface area (Å²) in [5, 5.41) is 4.67. The molecule has 1 unspecified atom stereocenters. The lowest BCUT2D eigenvalue weighted by Crippen LogP contribution is -2.28. The van der Waals surface area contributed by atoms with Crippen LogP contribution in [0.15, 0.2) is 53.5 Å². The van der Waals surface area contributed by atoms with Crippen LogP contribution in [0.4, 0.5) is 0 Å². The molecule has 2 heterocycles. The molecule has 1 atom stereocenters. The molecule has 0 amide bonds. The van der Waals surface area contributed by atoms with Crippen LogP contribution in [0.25, 0.3) is 17.1 Å². The predicted octanol–water partition coefficient (Wildman–Crippen LogP) is 2.72. The van der Waals surface area contributed by atoms with E-state index in [0.717, 1.165) is 42.0 Å². The number of aryl methyl sites for hydroxylation is 2. The molecule has 0 spiro atoms. The normalized spacial score (nSPS) is 13.7.